The summed E-state index contributed by atoms with van der Waals surface area (Å²) in [6.07, 6.45) is 6.63. The molecular formula is C19H24N2O3S3. The minimum atomic E-state index is -0.0676. The molecule has 8 heteroatoms. The molecular weight excluding hydrogens is 400 g/mol. The average molecular weight is 425 g/mol. The molecule has 5 nitrogen and oxygen atoms in total. The lowest BCUT2D eigenvalue weighted by Gasteiger charge is -2.35. The smallest absolute Gasteiger partial charge is 0.266 e. The zero-order valence-corrected chi connectivity index (χ0v) is 17.6. The van der Waals surface area contributed by atoms with Crippen LogP contribution >= 0.6 is 35.3 Å². The third-order valence-electron chi connectivity index (χ3n) is 4.87. The summed E-state index contributed by atoms with van der Waals surface area (Å²) >= 11 is 8.27. The summed E-state index contributed by atoms with van der Waals surface area (Å²) in [6.45, 7) is 1.35. The summed E-state index contributed by atoms with van der Waals surface area (Å²) in [7, 11) is 0. The number of thiophene rings is 1. The molecule has 2 saturated heterocycles. The van der Waals surface area contributed by atoms with E-state index in [4.69, 9.17) is 12.2 Å². The zero-order chi connectivity index (χ0) is 19.2. The molecule has 0 aromatic carbocycles. The molecule has 1 N–H and O–H groups in total. The van der Waals surface area contributed by atoms with Crippen molar-refractivity contribution in [1.29, 1.82) is 0 Å². The number of hydrogen-bond acceptors (Lipinski definition) is 6. The molecule has 2 aliphatic rings. The standard InChI is InChI=1S/C19H24N2O3S3/c22-11-8-14-5-1-2-9-20(14)17(23)7-3-10-21-18(24)16(27-19(21)25)13-15-6-4-12-26-15/h4,6,12-14,22H,1-3,5,7-11H2/b16-13-/t14-/m0/s1. The second-order valence-corrected chi connectivity index (χ2v) is 9.36. The minimum absolute atomic E-state index is 0.0676. The molecule has 3 rings (SSSR count). The van der Waals surface area contributed by atoms with Crippen molar-refractivity contribution in [1.82, 2.24) is 9.80 Å². The Morgan fingerprint density at radius 3 is 3.00 bits per heavy atom. The second kappa shape index (κ2) is 9.82. The maximum atomic E-state index is 12.6. The molecule has 2 aliphatic heterocycles. The van der Waals surface area contributed by atoms with Gasteiger partial charge in [-0.2, -0.15) is 0 Å². The molecule has 0 radical (unpaired) electrons. The summed E-state index contributed by atoms with van der Waals surface area (Å²) < 4.78 is 0.561. The molecule has 1 aromatic rings. The first-order valence-electron chi connectivity index (χ1n) is 9.29. The van der Waals surface area contributed by atoms with Crippen LogP contribution in [0.15, 0.2) is 22.4 Å². The minimum Gasteiger partial charge on any atom is -0.396 e. The Morgan fingerprint density at radius 1 is 1.41 bits per heavy atom. The number of piperidine rings is 1. The summed E-state index contributed by atoms with van der Waals surface area (Å²) in [5.41, 5.74) is 0. The van der Waals surface area contributed by atoms with E-state index in [0.29, 0.717) is 35.0 Å². The fourth-order valence-electron chi connectivity index (χ4n) is 3.51. The molecule has 2 amide bonds. The van der Waals surface area contributed by atoms with Crippen molar-refractivity contribution in [3.05, 3.63) is 27.3 Å². The molecule has 0 bridgehead atoms. The summed E-state index contributed by atoms with van der Waals surface area (Å²) in [4.78, 5) is 30.4. The normalized spacial score (nSPS) is 22.1. The number of nitrogens with zero attached hydrogens (tertiary/aromatic N) is 2. The van der Waals surface area contributed by atoms with Crippen molar-refractivity contribution < 1.29 is 14.7 Å². The fourth-order valence-corrected chi connectivity index (χ4v) is 5.54. The SMILES string of the molecule is O=C1/C(=C/c2cccs2)SC(=S)N1CCCC(=O)N1CCCC[C@H]1CCO. The highest BCUT2D eigenvalue weighted by atomic mass is 32.2. The highest BCUT2D eigenvalue weighted by Gasteiger charge is 2.32. The Hall–Kier alpha value is -1.22. The van der Waals surface area contributed by atoms with E-state index in [9.17, 15) is 14.7 Å². The van der Waals surface area contributed by atoms with Gasteiger partial charge in [-0.15, -0.1) is 11.3 Å². The third kappa shape index (κ3) is 5.19. The molecule has 27 heavy (non-hydrogen) atoms. The number of carbonyl (C=O) groups is 2. The number of aliphatic hydroxyl groups is 1. The van der Waals surface area contributed by atoms with Crippen LogP contribution in [0.2, 0.25) is 0 Å². The predicted octanol–water partition coefficient (Wildman–Crippen LogP) is 3.49. The van der Waals surface area contributed by atoms with Crippen molar-refractivity contribution in [2.75, 3.05) is 19.7 Å². The van der Waals surface area contributed by atoms with Gasteiger partial charge in [0.1, 0.15) is 4.32 Å². The summed E-state index contributed by atoms with van der Waals surface area (Å²) in [6, 6.07) is 4.08. The largest absolute Gasteiger partial charge is 0.396 e. The van der Waals surface area contributed by atoms with Crippen molar-refractivity contribution in [3.63, 3.8) is 0 Å². The Bertz CT molecular complexity index is 716. The van der Waals surface area contributed by atoms with Gasteiger partial charge >= 0.3 is 0 Å². The molecule has 146 valence electrons. The molecule has 0 spiro atoms. The van der Waals surface area contributed by atoms with E-state index in [-0.39, 0.29) is 24.5 Å². The first kappa shape index (κ1) is 20.5. The zero-order valence-electron chi connectivity index (χ0n) is 15.1. The van der Waals surface area contributed by atoms with Crippen LogP contribution < -0.4 is 0 Å². The van der Waals surface area contributed by atoms with E-state index in [1.165, 1.54) is 11.8 Å². The highest BCUT2D eigenvalue weighted by Crippen LogP contribution is 2.33. The summed E-state index contributed by atoms with van der Waals surface area (Å²) in [5, 5.41) is 11.2. The van der Waals surface area contributed by atoms with Gasteiger partial charge in [-0.3, -0.25) is 14.5 Å². The van der Waals surface area contributed by atoms with Gasteiger partial charge in [-0.25, -0.2) is 0 Å². The van der Waals surface area contributed by atoms with E-state index >= 15 is 0 Å². The molecule has 0 saturated carbocycles. The van der Waals surface area contributed by atoms with Crippen LogP contribution in [-0.4, -0.2) is 56.8 Å². The van der Waals surface area contributed by atoms with Crippen LogP contribution in [0.1, 0.15) is 43.4 Å². The van der Waals surface area contributed by atoms with Gasteiger partial charge in [0.25, 0.3) is 5.91 Å². The van der Waals surface area contributed by atoms with Crippen molar-refractivity contribution in [2.45, 2.75) is 44.6 Å². The van der Waals surface area contributed by atoms with Gasteiger partial charge in [0.05, 0.1) is 4.91 Å². The number of amides is 2. The average Bonchev–Trinajstić information content (AvgIpc) is 3.26. The Morgan fingerprint density at radius 2 is 2.26 bits per heavy atom. The van der Waals surface area contributed by atoms with Gasteiger partial charge in [0.15, 0.2) is 0 Å². The molecule has 0 unspecified atom stereocenters. The maximum absolute atomic E-state index is 12.6. The van der Waals surface area contributed by atoms with Gasteiger partial charge in [-0.1, -0.05) is 30.0 Å². The van der Waals surface area contributed by atoms with Gasteiger partial charge in [0, 0.05) is 37.0 Å². The Kier molecular flexibility index (Phi) is 7.46. The summed E-state index contributed by atoms with van der Waals surface area (Å²) in [5.74, 6) is 0.0506. The maximum Gasteiger partial charge on any atom is 0.266 e. The van der Waals surface area contributed by atoms with Crippen LogP contribution in [-0.2, 0) is 9.59 Å². The van der Waals surface area contributed by atoms with Crippen molar-refractivity contribution in [3.8, 4) is 0 Å². The van der Waals surface area contributed by atoms with Crippen LogP contribution in [0.5, 0.6) is 0 Å². The van der Waals surface area contributed by atoms with Crippen LogP contribution in [0.4, 0.5) is 0 Å². The van der Waals surface area contributed by atoms with E-state index in [1.807, 2.05) is 28.5 Å². The lowest BCUT2D eigenvalue weighted by Crippen LogP contribution is -2.44. The number of thiocarbonyl (C=S) groups is 1. The molecule has 0 aliphatic carbocycles. The van der Waals surface area contributed by atoms with Gasteiger partial charge in [-0.05, 0) is 49.6 Å². The second-order valence-electron chi connectivity index (χ2n) is 6.70. The van der Waals surface area contributed by atoms with Crippen molar-refractivity contribution in [2.24, 2.45) is 0 Å². The number of thioether (sulfide) groups is 1. The van der Waals surface area contributed by atoms with E-state index < -0.39 is 0 Å². The number of rotatable bonds is 7. The number of likely N-dealkylation sites (tertiary alicyclic amines) is 1. The quantitative estimate of drug-likeness (QED) is 0.536. The predicted molar refractivity (Wildman–Crippen MR) is 114 cm³/mol. The monoisotopic (exact) mass is 424 g/mol. The fraction of sp³-hybridized carbons (Fsp3) is 0.526. The van der Waals surface area contributed by atoms with E-state index in [0.717, 1.165) is 30.7 Å². The van der Waals surface area contributed by atoms with E-state index in [1.54, 1.807) is 16.2 Å². The molecule has 3 heterocycles. The molecule has 1 aromatic heterocycles. The van der Waals surface area contributed by atoms with E-state index in [2.05, 4.69) is 0 Å². The van der Waals surface area contributed by atoms with Gasteiger partial charge < -0.3 is 10.0 Å². The van der Waals surface area contributed by atoms with Gasteiger partial charge in [0.2, 0.25) is 5.91 Å². The Labute approximate surface area is 173 Å². The lowest BCUT2D eigenvalue weighted by atomic mass is 9.99. The number of carbonyl (C=O) groups excluding carboxylic acids is 2. The number of hydrogen-bond donors (Lipinski definition) is 1. The topological polar surface area (TPSA) is 60.9 Å². The molecule has 1 atom stereocenters. The first-order valence-corrected chi connectivity index (χ1v) is 11.4. The third-order valence-corrected chi connectivity index (χ3v) is 7.07. The first-order chi connectivity index (χ1) is 13.1. The van der Waals surface area contributed by atoms with Crippen molar-refractivity contribution >= 4 is 57.5 Å². The van der Waals surface area contributed by atoms with Crippen LogP contribution in [0.25, 0.3) is 6.08 Å². The molecule has 2 fully saturated rings. The Balaban J connectivity index is 1.51. The van der Waals surface area contributed by atoms with Crippen LogP contribution in [0, 0.1) is 0 Å². The lowest BCUT2D eigenvalue weighted by molar-refractivity contribution is -0.135. The van der Waals surface area contributed by atoms with Crippen LogP contribution in [0.3, 0.4) is 0 Å². The number of aliphatic hydroxyl groups excluding tert-OH is 1. The highest BCUT2D eigenvalue weighted by molar-refractivity contribution is 8.26.